The highest BCUT2D eigenvalue weighted by Gasteiger charge is 2.40. The highest BCUT2D eigenvalue weighted by atomic mass is 79.9. The average molecular weight is 480 g/mol. The molecule has 0 aliphatic heterocycles. The van der Waals surface area contributed by atoms with Crippen LogP contribution in [0.3, 0.4) is 0 Å². The lowest BCUT2D eigenvalue weighted by atomic mass is 10.1. The van der Waals surface area contributed by atoms with Gasteiger partial charge in [-0.05, 0) is 34.5 Å². The summed E-state index contributed by atoms with van der Waals surface area (Å²) in [5.74, 6) is 0. The van der Waals surface area contributed by atoms with Crippen LogP contribution >= 0.6 is 27.5 Å². The zero-order chi connectivity index (χ0) is 21.4. The minimum Gasteiger partial charge on any atom is -0.347 e. The second-order valence-corrected chi connectivity index (χ2v) is 6.56. The van der Waals surface area contributed by atoms with Gasteiger partial charge in [0.25, 0.3) is 11.4 Å². The van der Waals surface area contributed by atoms with Crippen molar-refractivity contribution in [3.8, 4) is 6.07 Å². The van der Waals surface area contributed by atoms with Crippen molar-refractivity contribution in [2.45, 2.75) is 13.1 Å². The Bertz CT molecular complexity index is 1050. The van der Waals surface area contributed by atoms with Gasteiger partial charge in [0.1, 0.15) is 5.69 Å². The standard InChI is InChI=1S/C15H7BrClF3N4O4/c1-6-7(5-21)2-10(17)14(12(6)16)22-13-9(15(18,19)20)3-8(23(25)26)4-11(13)24(27)28/h2-4,22H,1H3. The zero-order valence-corrected chi connectivity index (χ0v) is 15.9. The first kappa shape index (κ1) is 21.4. The fourth-order valence-electron chi connectivity index (χ4n) is 2.29. The molecule has 2 aromatic rings. The van der Waals surface area contributed by atoms with Crippen LogP contribution in [0.1, 0.15) is 16.7 Å². The van der Waals surface area contributed by atoms with Gasteiger partial charge in [-0.3, -0.25) is 20.2 Å². The average Bonchev–Trinajstić information content (AvgIpc) is 2.60. The maximum atomic E-state index is 13.5. The minimum atomic E-state index is -5.14. The summed E-state index contributed by atoms with van der Waals surface area (Å²) in [7, 11) is 0. The summed E-state index contributed by atoms with van der Waals surface area (Å²) in [6.07, 6.45) is -5.14. The molecule has 2 aromatic carbocycles. The molecule has 0 saturated carbocycles. The molecule has 13 heteroatoms. The van der Waals surface area contributed by atoms with E-state index in [1.54, 1.807) is 0 Å². The van der Waals surface area contributed by atoms with E-state index in [4.69, 9.17) is 16.9 Å². The molecule has 8 nitrogen and oxygen atoms in total. The molecule has 0 atom stereocenters. The van der Waals surface area contributed by atoms with Crippen molar-refractivity contribution < 1.29 is 23.0 Å². The maximum Gasteiger partial charge on any atom is 0.418 e. The molecule has 0 aliphatic rings. The van der Waals surface area contributed by atoms with Crippen molar-refractivity contribution in [1.82, 2.24) is 0 Å². The third kappa shape index (κ3) is 4.00. The molecule has 28 heavy (non-hydrogen) atoms. The van der Waals surface area contributed by atoms with Crippen molar-refractivity contribution in [2.75, 3.05) is 5.32 Å². The van der Waals surface area contributed by atoms with Gasteiger partial charge in [-0.2, -0.15) is 18.4 Å². The van der Waals surface area contributed by atoms with Crippen LogP contribution in [0.15, 0.2) is 22.7 Å². The van der Waals surface area contributed by atoms with Gasteiger partial charge in [-0.25, -0.2) is 0 Å². The third-order valence-corrected chi connectivity index (χ3v) is 4.94. The van der Waals surface area contributed by atoms with Gasteiger partial charge in [-0.1, -0.05) is 11.6 Å². The number of benzene rings is 2. The van der Waals surface area contributed by atoms with Crippen molar-refractivity contribution in [2.24, 2.45) is 0 Å². The summed E-state index contributed by atoms with van der Waals surface area (Å²) in [6.45, 7) is 1.49. The van der Waals surface area contributed by atoms with E-state index in [2.05, 4.69) is 21.2 Å². The smallest absolute Gasteiger partial charge is 0.347 e. The van der Waals surface area contributed by atoms with E-state index in [9.17, 15) is 33.4 Å². The van der Waals surface area contributed by atoms with Crippen molar-refractivity contribution in [3.63, 3.8) is 0 Å². The first-order valence-electron chi connectivity index (χ1n) is 7.08. The summed E-state index contributed by atoms with van der Waals surface area (Å²) in [5, 5.41) is 33.3. The molecule has 0 aliphatic carbocycles. The fourth-order valence-corrected chi connectivity index (χ4v) is 3.18. The number of anilines is 2. The second-order valence-electron chi connectivity index (χ2n) is 5.36. The maximum absolute atomic E-state index is 13.5. The summed E-state index contributed by atoms with van der Waals surface area (Å²) in [6, 6.07) is 3.62. The number of nitro groups is 2. The molecule has 146 valence electrons. The number of nitro benzene ring substituents is 2. The molecule has 0 aromatic heterocycles. The molecule has 0 amide bonds. The van der Waals surface area contributed by atoms with Crippen LogP contribution in [0.25, 0.3) is 0 Å². The van der Waals surface area contributed by atoms with E-state index in [-0.39, 0.29) is 26.8 Å². The normalized spacial score (nSPS) is 11.0. The number of alkyl halides is 3. The van der Waals surface area contributed by atoms with Crippen LogP contribution in [0.2, 0.25) is 5.02 Å². The number of nitriles is 1. The van der Waals surface area contributed by atoms with Gasteiger partial charge in [0.2, 0.25) is 0 Å². The molecule has 0 bridgehead atoms. The summed E-state index contributed by atoms with van der Waals surface area (Å²) >= 11 is 9.11. The summed E-state index contributed by atoms with van der Waals surface area (Å²) in [4.78, 5) is 19.8. The first-order chi connectivity index (χ1) is 12.9. The molecule has 0 radical (unpaired) electrons. The van der Waals surface area contributed by atoms with E-state index in [0.29, 0.717) is 11.6 Å². The first-order valence-corrected chi connectivity index (χ1v) is 8.25. The predicted molar refractivity (Wildman–Crippen MR) is 96.6 cm³/mol. The lowest BCUT2D eigenvalue weighted by Crippen LogP contribution is -2.12. The lowest BCUT2D eigenvalue weighted by Gasteiger charge is -2.17. The summed E-state index contributed by atoms with van der Waals surface area (Å²) < 4.78 is 40.5. The molecular weight excluding hydrogens is 473 g/mol. The topological polar surface area (TPSA) is 122 Å². The van der Waals surface area contributed by atoms with Gasteiger partial charge < -0.3 is 5.32 Å². The highest BCUT2D eigenvalue weighted by Crippen LogP contribution is 2.46. The third-order valence-electron chi connectivity index (χ3n) is 3.65. The number of hydrogen-bond donors (Lipinski definition) is 1. The van der Waals surface area contributed by atoms with Crippen molar-refractivity contribution in [1.29, 1.82) is 5.26 Å². The Morgan fingerprint density at radius 2 is 1.79 bits per heavy atom. The van der Waals surface area contributed by atoms with Gasteiger partial charge in [-0.15, -0.1) is 0 Å². The number of nitrogens with one attached hydrogen (secondary N) is 1. The van der Waals surface area contributed by atoms with E-state index < -0.39 is 38.6 Å². The second kappa shape index (κ2) is 7.61. The zero-order valence-electron chi connectivity index (χ0n) is 13.6. The Kier molecular flexibility index (Phi) is 5.81. The van der Waals surface area contributed by atoms with Crippen LogP contribution in [-0.2, 0) is 6.18 Å². The van der Waals surface area contributed by atoms with Crippen molar-refractivity contribution in [3.05, 3.63) is 64.6 Å². The van der Waals surface area contributed by atoms with Gasteiger partial charge in [0.15, 0.2) is 0 Å². The molecule has 0 saturated heterocycles. The monoisotopic (exact) mass is 478 g/mol. The van der Waals surface area contributed by atoms with Gasteiger partial charge in [0, 0.05) is 10.5 Å². The molecule has 2 rings (SSSR count). The number of non-ortho nitro benzene ring substituents is 1. The van der Waals surface area contributed by atoms with E-state index in [1.165, 1.54) is 13.0 Å². The molecule has 0 fully saturated rings. The molecule has 0 heterocycles. The van der Waals surface area contributed by atoms with E-state index in [0.717, 1.165) is 0 Å². The number of nitrogens with zero attached hydrogens (tertiary/aromatic N) is 3. The van der Waals surface area contributed by atoms with Crippen LogP contribution < -0.4 is 5.32 Å². The summed E-state index contributed by atoms with van der Waals surface area (Å²) in [5.41, 5.74) is -4.59. The van der Waals surface area contributed by atoms with Crippen LogP contribution in [0.4, 0.5) is 35.9 Å². The Balaban J connectivity index is 2.83. The van der Waals surface area contributed by atoms with Crippen LogP contribution in [0.5, 0.6) is 0 Å². The number of rotatable bonds is 4. The lowest BCUT2D eigenvalue weighted by molar-refractivity contribution is -0.394. The van der Waals surface area contributed by atoms with Gasteiger partial charge >= 0.3 is 6.18 Å². The quantitative estimate of drug-likeness (QED) is 0.433. The highest BCUT2D eigenvalue weighted by molar-refractivity contribution is 9.10. The fraction of sp³-hybridized carbons (Fsp3) is 0.133. The van der Waals surface area contributed by atoms with E-state index >= 15 is 0 Å². The van der Waals surface area contributed by atoms with Crippen LogP contribution in [0, 0.1) is 38.5 Å². The number of hydrogen-bond acceptors (Lipinski definition) is 6. The number of halogens is 5. The molecule has 0 spiro atoms. The minimum absolute atomic E-state index is 0.109. The Morgan fingerprint density at radius 3 is 2.25 bits per heavy atom. The molecular formula is C15H7BrClF3N4O4. The molecule has 1 N–H and O–H groups in total. The Labute approximate surface area is 167 Å². The van der Waals surface area contributed by atoms with Crippen LogP contribution in [-0.4, -0.2) is 9.85 Å². The van der Waals surface area contributed by atoms with E-state index in [1.807, 2.05) is 6.07 Å². The SMILES string of the molecule is Cc1c(C#N)cc(Cl)c(Nc2c([N+](=O)[O-])cc([N+](=O)[O-])cc2C(F)(F)F)c1Br. The predicted octanol–water partition coefficient (Wildman–Crippen LogP) is 5.86. The largest absolute Gasteiger partial charge is 0.418 e. The molecule has 0 unspecified atom stereocenters. The Hall–Kier alpha value is -2.91. The van der Waals surface area contributed by atoms with Gasteiger partial charge in [0.05, 0.1) is 43.8 Å². The Morgan fingerprint density at radius 1 is 1.18 bits per heavy atom. The van der Waals surface area contributed by atoms with Crippen molar-refractivity contribution >= 4 is 50.3 Å².